The van der Waals surface area contributed by atoms with Gasteiger partial charge in [-0.2, -0.15) is 0 Å². The second-order valence-corrected chi connectivity index (χ2v) is 7.72. The van der Waals surface area contributed by atoms with Crippen molar-refractivity contribution in [1.29, 1.82) is 0 Å². The van der Waals surface area contributed by atoms with Gasteiger partial charge < -0.3 is 14.8 Å². The summed E-state index contributed by atoms with van der Waals surface area (Å²) in [5, 5.41) is 3.52. The van der Waals surface area contributed by atoms with Crippen molar-refractivity contribution >= 4 is 15.9 Å². The molecule has 0 aliphatic carbocycles. The Bertz CT molecular complexity index is 876. The van der Waals surface area contributed by atoms with E-state index in [1.54, 1.807) is 7.11 Å². The molecule has 3 rings (SSSR count). The molecule has 0 saturated carbocycles. The van der Waals surface area contributed by atoms with E-state index >= 15 is 0 Å². The zero-order valence-electron chi connectivity index (χ0n) is 16.4. The number of methoxy groups -OCH3 is 1. The van der Waals surface area contributed by atoms with Gasteiger partial charge in [0, 0.05) is 16.6 Å². The van der Waals surface area contributed by atoms with Crippen molar-refractivity contribution in [2.75, 3.05) is 13.7 Å². The first-order valence-corrected chi connectivity index (χ1v) is 10.2. The Kier molecular flexibility index (Phi) is 7.52. The zero-order chi connectivity index (χ0) is 19.8. The lowest BCUT2D eigenvalue weighted by Crippen LogP contribution is -2.17. The maximum absolute atomic E-state index is 6.08. The van der Waals surface area contributed by atoms with Gasteiger partial charge in [-0.05, 0) is 61.3 Å². The van der Waals surface area contributed by atoms with Crippen LogP contribution in [0.25, 0.3) is 0 Å². The van der Waals surface area contributed by atoms with Crippen LogP contribution in [0.15, 0.2) is 71.2 Å². The van der Waals surface area contributed by atoms with Crippen LogP contribution in [0.5, 0.6) is 11.5 Å². The Balaban J connectivity index is 1.53. The molecule has 146 valence electrons. The second kappa shape index (κ2) is 10.3. The highest BCUT2D eigenvalue weighted by atomic mass is 79.9. The van der Waals surface area contributed by atoms with E-state index in [1.165, 1.54) is 16.7 Å². The highest BCUT2D eigenvalue weighted by Crippen LogP contribution is 2.24. The van der Waals surface area contributed by atoms with E-state index in [0.717, 1.165) is 41.0 Å². The molecule has 0 spiro atoms. The summed E-state index contributed by atoms with van der Waals surface area (Å²) in [4.78, 5) is 0. The molecule has 0 unspecified atom stereocenters. The van der Waals surface area contributed by atoms with E-state index in [0.29, 0.717) is 6.61 Å². The lowest BCUT2D eigenvalue weighted by atomic mass is 10.1. The molecule has 3 nitrogen and oxygen atoms in total. The maximum Gasteiger partial charge on any atom is 0.124 e. The number of rotatable bonds is 9. The van der Waals surface area contributed by atoms with Crippen LogP contribution in [0, 0.1) is 6.92 Å². The van der Waals surface area contributed by atoms with Gasteiger partial charge in [-0.25, -0.2) is 0 Å². The van der Waals surface area contributed by atoms with E-state index in [2.05, 4.69) is 70.6 Å². The SMILES string of the molecule is COc1ccc(CCNCc2cc(Br)ccc2OCc2ccc(C)cc2)cc1. The predicted octanol–water partition coefficient (Wildman–Crippen LogP) is 5.68. The number of benzene rings is 3. The van der Waals surface area contributed by atoms with Gasteiger partial charge in [0.05, 0.1) is 7.11 Å². The molecule has 3 aromatic rings. The maximum atomic E-state index is 6.08. The van der Waals surface area contributed by atoms with Crippen molar-refractivity contribution in [3.05, 3.63) is 93.5 Å². The summed E-state index contributed by atoms with van der Waals surface area (Å²) in [6, 6.07) is 22.8. The number of hydrogen-bond donors (Lipinski definition) is 1. The third-order valence-corrected chi connectivity index (χ3v) is 5.10. The van der Waals surface area contributed by atoms with Crippen molar-refractivity contribution in [3.63, 3.8) is 0 Å². The van der Waals surface area contributed by atoms with Gasteiger partial charge in [0.15, 0.2) is 0 Å². The molecule has 0 bridgehead atoms. The number of nitrogens with one attached hydrogen (secondary N) is 1. The molecule has 0 aromatic heterocycles. The minimum Gasteiger partial charge on any atom is -0.497 e. The minimum absolute atomic E-state index is 0.570. The lowest BCUT2D eigenvalue weighted by molar-refractivity contribution is 0.302. The van der Waals surface area contributed by atoms with E-state index in [4.69, 9.17) is 9.47 Å². The van der Waals surface area contributed by atoms with Gasteiger partial charge in [0.2, 0.25) is 0 Å². The fourth-order valence-corrected chi connectivity index (χ4v) is 3.33. The highest BCUT2D eigenvalue weighted by molar-refractivity contribution is 9.10. The Morgan fingerprint density at radius 2 is 1.61 bits per heavy atom. The van der Waals surface area contributed by atoms with Crippen LogP contribution in [0.3, 0.4) is 0 Å². The molecule has 0 aliphatic heterocycles. The highest BCUT2D eigenvalue weighted by Gasteiger charge is 2.06. The number of aryl methyl sites for hydroxylation is 1. The van der Waals surface area contributed by atoms with Crippen LogP contribution in [-0.4, -0.2) is 13.7 Å². The van der Waals surface area contributed by atoms with Gasteiger partial charge in [-0.1, -0.05) is 57.9 Å². The van der Waals surface area contributed by atoms with E-state index in [1.807, 2.05) is 24.3 Å². The van der Waals surface area contributed by atoms with Gasteiger partial charge in [0.1, 0.15) is 18.1 Å². The minimum atomic E-state index is 0.570. The van der Waals surface area contributed by atoms with Gasteiger partial charge in [0.25, 0.3) is 0 Å². The number of halogens is 1. The van der Waals surface area contributed by atoms with E-state index in [-0.39, 0.29) is 0 Å². The molecule has 4 heteroatoms. The van der Waals surface area contributed by atoms with Crippen molar-refractivity contribution in [2.24, 2.45) is 0 Å². The molecule has 1 N–H and O–H groups in total. The van der Waals surface area contributed by atoms with Crippen LogP contribution in [0.2, 0.25) is 0 Å². The van der Waals surface area contributed by atoms with Crippen LogP contribution < -0.4 is 14.8 Å². The summed E-state index contributed by atoms with van der Waals surface area (Å²) in [5.41, 5.74) is 4.87. The lowest BCUT2D eigenvalue weighted by Gasteiger charge is -2.13. The normalized spacial score (nSPS) is 10.7. The van der Waals surface area contributed by atoms with Crippen molar-refractivity contribution in [3.8, 4) is 11.5 Å². The van der Waals surface area contributed by atoms with Crippen LogP contribution in [0.4, 0.5) is 0 Å². The van der Waals surface area contributed by atoms with Crippen molar-refractivity contribution in [2.45, 2.75) is 26.5 Å². The Labute approximate surface area is 175 Å². The molecule has 3 aromatic carbocycles. The number of ether oxygens (including phenoxy) is 2. The molecule has 28 heavy (non-hydrogen) atoms. The summed E-state index contributed by atoms with van der Waals surface area (Å²) in [6.07, 6.45) is 0.970. The fourth-order valence-electron chi connectivity index (χ4n) is 2.92. The molecule has 0 atom stereocenters. The standard InChI is InChI=1S/C24H26BrNO2/c1-18-3-5-20(6-4-18)17-28-24-12-9-22(25)15-21(24)16-26-14-13-19-7-10-23(27-2)11-8-19/h3-12,15,26H,13-14,16-17H2,1-2H3. The predicted molar refractivity (Wildman–Crippen MR) is 118 cm³/mol. The Morgan fingerprint density at radius 3 is 2.32 bits per heavy atom. The zero-order valence-corrected chi connectivity index (χ0v) is 18.0. The molecule has 0 heterocycles. The first-order valence-electron chi connectivity index (χ1n) is 9.44. The van der Waals surface area contributed by atoms with Crippen LogP contribution in [0.1, 0.15) is 22.3 Å². The summed E-state index contributed by atoms with van der Waals surface area (Å²) in [5.74, 6) is 1.81. The van der Waals surface area contributed by atoms with E-state index < -0.39 is 0 Å². The molecular formula is C24H26BrNO2. The monoisotopic (exact) mass is 439 g/mol. The van der Waals surface area contributed by atoms with Crippen molar-refractivity contribution in [1.82, 2.24) is 5.32 Å². The Morgan fingerprint density at radius 1 is 0.893 bits per heavy atom. The quantitative estimate of drug-likeness (QED) is 0.435. The smallest absolute Gasteiger partial charge is 0.124 e. The van der Waals surface area contributed by atoms with Crippen molar-refractivity contribution < 1.29 is 9.47 Å². The second-order valence-electron chi connectivity index (χ2n) is 6.80. The summed E-state index contributed by atoms with van der Waals surface area (Å²) in [7, 11) is 1.69. The molecular weight excluding hydrogens is 414 g/mol. The average molecular weight is 440 g/mol. The summed E-state index contributed by atoms with van der Waals surface area (Å²) < 4.78 is 12.3. The molecule has 0 fully saturated rings. The average Bonchev–Trinajstić information content (AvgIpc) is 2.72. The van der Waals surface area contributed by atoms with Crippen LogP contribution >= 0.6 is 15.9 Å². The van der Waals surface area contributed by atoms with Gasteiger partial charge in [-0.3, -0.25) is 0 Å². The van der Waals surface area contributed by atoms with Gasteiger partial charge >= 0.3 is 0 Å². The molecule has 0 aliphatic rings. The molecule has 0 saturated heterocycles. The first-order chi connectivity index (χ1) is 13.6. The summed E-state index contributed by atoms with van der Waals surface area (Å²) in [6.45, 7) is 4.32. The third-order valence-electron chi connectivity index (χ3n) is 4.60. The fraction of sp³-hybridized carbons (Fsp3) is 0.250. The van der Waals surface area contributed by atoms with E-state index in [9.17, 15) is 0 Å². The topological polar surface area (TPSA) is 30.5 Å². The first kappa shape index (κ1) is 20.4. The van der Waals surface area contributed by atoms with Crippen LogP contribution in [-0.2, 0) is 19.6 Å². The number of hydrogen-bond acceptors (Lipinski definition) is 3. The molecule has 0 amide bonds. The third kappa shape index (κ3) is 6.11. The largest absolute Gasteiger partial charge is 0.497 e. The summed E-state index contributed by atoms with van der Waals surface area (Å²) >= 11 is 3.56. The Hall–Kier alpha value is -2.30. The van der Waals surface area contributed by atoms with Gasteiger partial charge in [-0.15, -0.1) is 0 Å². The molecule has 0 radical (unpaired) electrons.